The second-order valence-corrected chi connectivity index (χ2v) is 5.54. The normalized spacial score (nSPS) is 18.0. The summed E-state index contributed by atoms with van der Waals surface area (Å²) in [5, 5.41) is 0. The van der Waals surface area contributed by atoms with Crippen molar-refractivity contribution in [3.8, 4) is 11.8 Å². The van der Waals surface area contributed by atoms with Crippen molar-refractivity contribution in [2.45, 2.75) is 45.6 Å². The van der Waals surface area contributed by atoms with Crippen molar-refractivity contribution in [1.29, 1.82) is 0 Å². The van der Waals surface area contributed by atoms with Crippen LogP contribution in [0.1, 0.15) is 54.1 Å². The summed E-state index contributed by atoms with van der Waals surface area (Å²) in [5.41, 5.74) is 8.07. The van der Waals surface area contributed by atoms with Crippen LogP contribution < -0.4 is 5.73 Å². The van der Waals surface area contributed by atoms with Crippen molar-refractivity contribution in [3.05, 3.63) is 34.9 Å². The summed E-state index contributed by atoms with van der Waals surface area (Å²) >= 11 is 0. The van der Waals surface area contributed by atoms with Gasteiger partial charge in [0.15, 0.2) is 0 Å². The third-order valence-electron chi connectivity index (χ3n) is 4.25. The Kier molecular flexibility index (Phi) is 5.41. The van der Waals surface area contributed by atoms with Gasteiger partial charge in [-0.05, 0) is 50.3 Å². The maximum Gasteiger partial charge on any atom is 0.254 e. The van der Waals surface area contributed by atoms with Gasteiger partial charge < -0.3 is 10.6 Å². The number of carbonyl (C=O) groups excluding carboxylic acids is 1. The molecule has 1 aliphatic heterocycles. The molecule has 1 amide bonds. The molecule has 1 aliphatic rings. The van der Waals surface area contributed by atoms with E-state index in [9.17, 15) is 4.79 Å². The van der Waals surface area contributed by atoms with Crippen molar-refractivity contribution in [2.24, 2.45) is 5.73 Å². The summed E-state index contributed by atoms with van der Waals surface area (Å²) in [5.74, 6) is 6.06. The highest BCUT2D eigenvalue weighted by molar-refractivity contribution is 5.96. The van der Waals surface area contributed by atoms with E-state index in [0.29, 0.717) is 12.6 Å². The van der Waals surface area contributed by atoms with Crippen LogP contribution in [0.15, 0.2) is 18.2 Å². The number of nitrogens with zero attached hydrogens (tertiary/aromatic N) is 1. The number of nitrogens with two attached hydrogens (primary N) is 1. The minimum Gasteiger partial charge on any atom is -0.336 e. The average Bonchev–Trinajstić information content (AvgIpc) is 2.53. The zero-order valence-corrected chi connectivity index (χ0v) is 13.0. The Labute approximate surface area is 127 Å². The van der Waals surface area contributed by atoms with Gasteiger partial charge >= 0.3 is 0 Å². The monoisotopic (exact) mass is 284 g/mol. The van der Waals surface area contributed by atoms with Crippen LogP contribution >= 0.6 is 0 Å². The quantitative estimate of drug-likeness (QED) is 0.849. The van der Waals surface area contributed by atoms with Gasteiger partial charge in [-0.3, -0.25) is 4.79 Å². The fraction of sp³-hybridized carbons (Fsp3) is 0.500. The SMILES string of the molecule is CCC1CCCCN1C(=O)c1cccc(C#CCN)c1C. The number of rotatable bonds is 2. The maximum absolute atomic E-state index is 12.9. The molecule has 1 aromatic carbocycles. The molecule has 1 aromatic rings. The number of piperidine rings is 1. The van der Waals surface area contributed by atoms with Crippen molar-refractivity contribution in [3.63, 3.8) is 0 Å². The van der Waals surface area contributed by atoms with Crippen molar-refractivity contribution in [2.75, 3.05) is 13.1 Å². The van der Waals surface area contributed by atoms with Gasteiger partial charge in [-0.25, -0.2) is 0 Å². The topological polar surface area (TPSA) is 46.3 Å². The number of benzene rings is 1. The molecule has 0 aromatic heterocycles. The molecular formula is C18H24N2O. The van der Waals surface area contributed by atoms with E-state index in [4.69, 9.17) is 5.73 Å². The molecule has 2 rings (SSSR count). The van der Waals surface area contributed by atoms with E-state index in [1.54, 1.807) is 0 Å². The molecule has 1 heterocycles. The van der Waals surface area contributed by atoms with E-state index in [0.717, 1.165) is 42.5 Å². The molecule has 3 nitrogen and oxygen atoms in total. The molecule has 0 spiro atoms. The summed E-state index contributed by atoms with van der Waals surface area (Å²) < 4.78 is 0. The summed E-state index contributed by atoms with van der Waals surface area (Å²) in [6.07, 6.45) is 4.47. The van der Waals surface area contributed by atoms with Gasteiger partial charge in [0.2, 0.25) is 0 Å². The average molecular weight is 284 g/mol. The van der Waals surface area contributed by atoms with Crippen LogP contribution in [0.5, 0.6) is 0 Å². The zero-order valence-electron chi connectivity index (χ0n) is 13.0. The summed E-state index contributed by atoms with van der Waals surface area (Å²) in [6, 6.07) is 6.14. The standard InChI is InChI=1S/C18H24N2O/c1-3-16-10-4-5-13-20(16)18(21)17-11-6-8-15(14(17)2)9-7-12-19/h6,8,11,16H,3-5,10,12-13,19H2,1-2H3. The lowest BCUT2D eigenvalue weighted by molar-refractivity contribution is 0.0607. The Balaban J connectivity index is 2.30. The molecular weight excluding hydrogens is 260 g/mol. The highest BCUT2D eigenvalue weighted by atomic mass is 16.2. The molecule has 1 fully saturated rings. The van der Waals surface area contributed by atoms with Crippen LogP contribution in [0.4, 0.5) is 0 Å². The van der Waals surface area contributed by atoms with Crippen LogP contribution in [0.25, 0.3) is 0 Å². The lowest BCUT2D eigenvalue weighted by Crippen LogP contribution is -2.43. The highest BCUT2D eigenvalue weighted by Crippen LogP contribution is 2.23. The molecule has 1 atom stereocenters. The minimum absolute atomic E-state index is 0.149. The third-order valence-corrected chi connectivity index (χ3v) is 4.25. The molecule has 21 heavy (non-hydrogen) atoms. The first-order chi connectivity index (χ1) is 10.2. The highest BCUT2D eigenvalue weighted by Gasteiger charge is 2.27. The molecule has 3 heteroatoms. The molecule has 2 N–H and O–H groups in total. The zero-order chi connectivity index (χ0) is 15.2. The first-order valence-corrected chi connectivity index (χ1v) is 7.78. The summed E-state index contributed by atoms with van der Waals surface area (Å²) in [7, 11) is 0. The number of carbonyl (C=O) groups is 1. The van der Waals surface area contributed by atoms with Gasteiger partial charge in [0, 0.05) is 23.7 Å². The number of hydrogen-bond donors (Lipinski definition) is 1. The largest absolute Gasteiger partial charge is 0.336 e. The number of likely N-dealkylation sites (tertiary alicyclic amines) is 1. The molecule has 0 radical (unpaired) electrons. The van der Waals surface area contributed by atoms with E-state index >= 15 is 0 Å². The van der Waals surface area contributed by atoms with E-state index in [1.165, 1.54) is 6.42 Å². The van der Waals surface area contributed by atoms with Gasteiger partial charge in [0.05, 0.1) is 6.54 Å². The predicted octanol–water partition coefficient (Wildman–Crippen LogP) is 2.71. The molecule has 112 valence electrons. The molecule has 0 saturated carbocycles. The summed E-state index contributed by atoms with van der Waals surface area (Å²) in [4.78, 5) is 14.9. The Morgan fingerprint density at radius 1 is 1.43 bits per heavy atom. The van der Waals surface area contributed by atoms with E-state index in [1.807, 2.05) is 30.0 Å². The lowest BCUT2D eigenvalue weighted by atomic mass is 9.96. The maximum atomic E-state index is 12.9. The lowest BCUT2D eigenvalue weighted by Gasteiger charge is -2.35. The van der Waals surface area contributed by atoms with E-state index in [2.05, 4.69) is 18.8 Å². The summed E-state index contributed by atoms with van der Waals surface area (Å²) in [6.45, 7) is 5.34. The van der Waals surface area contributed by atoms with Crippen LogP contribution in [0, 0.1) is 18.8 Å². The predicted molar refractivity (Wildman–Crippen MR) is 86.1 cm³/mol. The Morgan fingerprint density at radius 2 is 2.24 bits per heavy atom. The van der Waals surface area contributed by atoms with E-state index in [-0.39, 0.29) is 5.91 Å². The molecule has 1 unspecified atom stereocenters. The fourth-order valence-electron chi connectivity index (χ4n) is 3.00. The van der Waals surface area contributed by atoms with Gasteiger partial charge in [0.25, 0.3) is 5.91 Å². The Bertz CT molecular complexity index is 568. The molecule has 0 aliphatic carbocycles. The van der Waals surface area contributed by atoms with Crippen LogP contribution in [-0.4, -0.2) is 29.9 Å². The number of amides is 1. The van der Waals surface area contributed by atoms with Gasteiger partial charge in [-0.2, -0.15) is 0 Å². The van der Waals surface area contributed by atoms with Gasteiger partial charge in [-0.15, -0.1) is 0 Å². The Morgan fingerprint density at radius 3 is 2.95 bits per heavy atom. The smallest absolute Gasteiger partial charge is 0.254 e. The third kappa shape index (κ3) is 3.46. The number of hydrogen-bond acceptors (Lipinski definition) is 2. The molecule has 1 saturated heterocycles. The molecule has 0 bridgehead atoms. The second-order valence-electron chi connectivity index (χ2n) is 5.54. The fourth-order valence-corrected chi connectivity index (χ4v) is 3.00. The van der Waals surface area contributed by atoms with Crippen LogP contribution in [0.3, 0.4) is 0 Å². The van der Waals surface area contributed by atoms with Gasteiger partial charge in [-0.1, -0.05) is 24.8 Å². The van der Waals surface area contributed by atoms with Crippen molar-refractivity contribution >= 4 is 5.91 Å². The van der Waals surface area contributed by atoms with Crippen LogP contribution in [-0.2, 0) is 0 Å². The van der Waals surface area contributed by atoms with Crippen LogP contribution in [0.2, 0.25) is 0 Å². The van der Waals surface area contributed by atoms with Crippen molar-refractivity contribution < 1.29 is 4.79 Å². The Hall–Kier alpha value is -1.79. The van der Waals surface area contributed by atoms with Crippen molar-refractivity contribution in [1.82, 2.24) is 4.90 Å². The minimum atomic E-state index is 0.149. The first kappa shape index (κ1) is 15.6. The van der Waals surface area contributed by atoms with E-state index < -0.39 is 0 Å². The first-order valence-electron chi connectivity index (χ1n) is 7.78. The second kappa shape index (κ2) is 7.28. The van der Waals surface area contributed by atoms with Gasteiger partial charge in [0.1, 0.15) is 0 Å².